The third kappa shape index (κ3) is 3.05. The first kappa shape index (κ1) is 14.3. The molecule has 0 fully saturated rings. The Hall–Kier alpha value is -2.15. The van der Waals surface area contributed by atoms with Crippen LogP contribution < -0.4 is 11.1 Å². The van der Waals surface area contributed by atoms with Gasteiger partial charge in [0, 0.05) is 17.3 Å². The van der Waals surface area contributed by atoms with Crippen molar-refractivity contribution in [2.45, 2.75) is 25.9 Å². The fourth-order valence-corrected chi connectivity index (χ4v) is 2.53. The first-order chi connectivity index (χ1) is 9.40. The summed E-state index contributed by atoms with van der Waals surface area (Å²) in [5, 5.41) is 6.72. The molecule has 20 heavy (non-hydrogen) atoms. The summed E-state index contributed by atoms with van der Waals surface area (Å²) in [5.41, 5.74) is 4.23. The number of aromatic nitrogens is 2. The largest absolute Gasteiger partial charge is 0.368 e. The normalized spacial score (nSPS) is 13.7. The number of thiophene rings is 1. The van der Waals surface area contributed by atoms with Gasteiger partial charge in [0.2, 0.25) is 5.91 Å². The van der Waals surface area contributed by atoms with Crippen molar-refractivity contribution in [2.24, 2.45) is 5.73 Å². The van der Waals surface area contributed by atoms with Crippen LogP contribution in [0.4, 0.5) is 0 Å². The molecule has 106 valence electrons. The van der Waals surface area contributed by atoms with Gasteiger partial charge in [0.1, 0.15) is 5.54 Å². The molecule has 2 amide bonds. The quantitative estimate of drug-likeness (QED) is 0.859. The molecular weight excluding hydrogens is 276 g/mol. The third-order valence-electron chi connectivity index (χ3n) is 2.93. The van der Waals surface area contributed by atoms with Gasteiger partial charge < -0.3 is 11.1 Å². The SMILES string of the molecule is Cc1ccc(C(=O)NC(C)(Cn2cccn2)C(N)=O)s1. The molecule has 0 aliphatic heterocycles. The van der Waals surface area contributed by atoms with Crippen LogP contribution in [0.5, 0.6) is 0 Å². The fraction of sp³-hybridized carbons (Fsp3) is 0.308. The van der Waals surface area contributed by atoms with Crippen molar-refractivity contribution in [3.8, 4) is 0 Å². The third-order valence-corrected chi connectivity index (χ3v) is 3.93. The molecule has 0 spiro atoms. The zero-order valence-electron chi connectivity index (χ0n) is 11.3. The zero-order valence-corrected chi connectivity index (χ0v) is 12.1. The average Bonchev–Trinajstić information content (AvgIpc) is 3.00. The molecule has 0 bridgehead atoms. The predicted octanol–water partition coefficient (Wildman–Crippen LogP) is 0.927. The van der Waals surface area contributed by atoms with E-state index in [1.54, 1.807) is 36.1 Å². The molecule has 0 aliphatic carbocycles. The lowest BCUT2D eigenvalue weighted by Gasteiger charge is -2.27. The van der Waals surface area contributed by atoms with E-state index in [0.717, 1.165) is 4.88 Å². The zero-order chi connectivity index (χ0) is 14.8. The van der Waals surface area contributed by atoms with E-state index in [1.165, 1.54) is 11.3 Å². The highest BCUT2D eigenvalue weighted by Gasteiger charge is 2.34. The molecule has 0 aliphatic rings. The first-order valence-electron chi connectivity index (χ1n) is 6.07. The smallest absolute Gasteiger partial charge is 0.262 e. The highest BCUT2D eigenvalue weighted by molar-refractivity contribution is 7.13. The number of nitrogens with two attached hydrogens (primary N) is 1. The van der Waals surface area contributed by atoms with Gasteiger partial charge in [-0.1, -0.05) is 0 Å². The second kappa shape index (κ2) is 5.46. The molecule has 0 radical (unpaired) electrons. The van der Waals surface area contributed by atoms with Crippen LogP contribution >= 0.6 is 11.3 Å². The van der Waals surface area contributed by atoms with E-state index in [0.29, 0.717) is 4.88 Å². The lowest BCUT2D eigenvalue weighted by atomic mass is 10.0. The second-order valence-corrected chi connectivity index (χ2v) is 6.05. The van der Waals surface area contributed by atoms with Crippen molar-refractivity contribution in [1.82, 2.24) is 15.1 Å². The van der Waals surface area contributed by atoms with Gasteiger partial charge in [-0.25, -0.2) is 0 Å². The Morgan fingerprint density at radius 2 is 2.25 bits per heavy atom. The first-order valence-corrected chi connectivity index (χ1v) is 6.89. The molecule has 2 rings (SSSR count). The number of carbonyl (C=O) groups is 2. The highest BCUT2D eigenvalue weighted by Crippen LogP contribution is 2.16. The monoisotopic (exact) mass is 292 g/mol. The molecule has 2 heterocycles. The summed E-state index contributed by atoms with van der Waals surface area (Å²) in [5.74, 6) is -0.911. The van der Waals surface area contributed by atoms with Gasteiger partial charge in [-0.15, -0.1) is 11.3 Å². The number of rotatable bonds is 5. The molecule has 0 saturated heterocycles. The molecule has 1 unspecified atom stereocenters. The van der Waals surface area contributed by atoms with Gasteiger partial charge in [0.15, 0.2) is 0 Å². The van der Waals surface area contributed by atoms with Crippen LogP contribution in [0.15, 0.2) is 30.6 Å². The Kier molecular flexibility index (Phi) is 3.89. The topological polar surface area (TPSA) is 90.0 Å². The van der Waals surface area contributed by atoms with Crippen molar-refractivity contribution in [3.05, 3.63) is 40.3 Å². The van der Waals surface area contributed by atoms with E-state index < -0.39 is 11.4 Å². The molecule has 0 saturated carbocycles. The summed E-state index contributed by atoms with van der Waals surface area (Å²) in [6.07, 6.45) is 3.31. The van der Waals surface area contributed by atoms with E-state index in [9.17, 15) is 9.59 Å². The molecule has 7 heteroatoms. The van der Waals surface area contributed by atoms with Crippen LogP contribution in [-0.4, -0.2) is 27.1 Å². The van der Waals surface area contributed by atoms with E-state index in [-0.39, 0.29) is 12.5 Å². The van der Waals surface area contributed by atoms with Gasteiger partial charge in [0.05, 0.1) is 11.4 Å². The number of hydrogen-bond acceptors (Lipinski definition) is 4. The summed E-state index contributed by atoms with van der Waals surface area (Å²) in [4.78, 5) is 25.4. The van der Waals surface area contributed by atoms with Gasteiger partial charge in [-0.2, -0.15) is 5.10 Å². The van der Waals surface area contributed by atoms with E-state index >= 15 is 0 Å². The highest BCUT2D eigenvalue weighted by atomic mass is 32.1. The molecular formula is C13H16N4O2S. The van der Waals surface area contributed by atoms with E-state index in [1.807, 2.05) is 13.0 Å². The molecule has 0 aromatic carbocycles. The van der Waals surface area contributed by atoms with Crippen molar-refractivity contribution in [1.29, 1.82) is 0 Å². The number of amides is 2. The maximum absolute atomic E-state index is 12.2. The number of carbonyl (C=O) groups excluding carboxylic acids is 2. The van der Waals surface area contributed by atoms with Crippen LogP contribution in [-0.2, 0) is 11.3 Å². The van der Waals surface area contributed by atoms with Gasteiger partial charge in [0.25, 0.3) is 5.91 Å². The van der Waals surface area contributed by atoms with E-state index in [2.05, 4.69) is 10.4 Å². The Morgan fingerprint density at radius 3 is 2.75 bits per heavy atom. The van der Waals surface area contributed by atoms with Crippen molar-refractivity contribution in [3.63, 3.8) is 0 Å². The minimum Gasteiger partial charge on any atom is -0.368 e. The van der Waals surface area contributed by atoms with Gasteiger partial charge >= 0.3 is 0 Å². The molecule has 2 aromatic rings. The van der Waals surface area contributed by atoms with Crippen LogP contribution in [0.25, 0.3) is 0 Å². The summed E-state index contributed by atoms with van der Waals surface area (Å²) >= 11 is 1.37. The predicted molar refractivity (Wildman–Crippen MR) is 76.3 cm³/mol. The molecule has 2 aromatic heterocycles. The Morgan fingerprint density at radius 1 is 1.50 bits per heavy atom. The number of nitrogens with one attached hydrogen (secondary N) is 1. The number of primary amides is 1. The number of nitrogens with zero attached hydrogens (tertiary/aromatic N) is 2. The Bertz CT molecular complexity index is 620. The Balaban J connectivity index is 2.16. The molecule has 3 N–H and O–H groups in total. The summed E-state index contributed by atoms with van der Waals surface area (Å²) in [7, 11) is 0. The van der Waals surface area contributed by atoms with Crippen LogP contribution in [0.3, 0.4) is 0 Å². The number of hydrogen-bond donors (Lipinski definition) is 2. The lowest BCUT2D eigenvalue weighted by molar-refractivity contribution is -0.124. The minimum atomic E-state index is -1.19. The average molecular weight is 292 g/mol. The van der Waals surface area contributed by atoms with Crippen molar-refractivity contribution < 1.29 is 9.59 Å². The standard InChI is InChI=1S/C13H16N4O2S/c1-9-4-5-10(20-9)11(18)16-13(2,12(14)19)8-17-7-3-6-15-17/h3-7H,8H2,1-2H3,(H2,14,19)(H,16,18). The lowest BCUT2D eigenvalue weighted by Crippen LogP contribution is -2.57. The number of aryl methyl sites for hydroxylation is 1. The van der Waals surface area contributed by atoms with Crippen molar-refractivity contribution >= 4 is 23.2 Å². The van der Waals surface area contributed by atoms with Crippen LogP contribution in [0.1, 0.15) is 21.5 Å². The van der Waals surface area contributed by atoms with Crippen LogP contribution in [0, 0.1) is 6.92 Å². The van der Waals surface area contributed by atoms with Crippen LogP contribution in [0.2, 0.25) is 0 Å². The minimum absolute atomic E-state index is 0.186. The summed E-state index contributed by atoms with van der Waals surface area (Å²) in [6.45, 7) is 3.69. The molecule has 1 atom stereocenters. The van der Waals surface area contributed by atoms with Crippen molar-refractivity contribution in [2.75, 3.05) is 0 Å². The maximum atomic E-state index is 12.2. The second-order valence-electron chi connectivity index (χ2n) is 4.76. The van der Waals surface area contributed by atoms with E-state index in [4.69, 9.17) is 5.73 Å². The molecule has 6 nitrogen and oxygen atoms in total. The maximum Gasteiger partial charge on any atom is 0.262 e. The van der Waals surface area contributed by atoms with Gasteiger partial charge in [-0.3, -0.25) is 14.3 Å². The summed E-state index contributed by atoms with van der Waals surface area (Å²) < 4.78 is 1.56. The summed E-state index contributed by atoms with van der Waals surface area (Å²) in [6, 6.07) is 5.32. The fourth-order valence-electron chi connectivity index (χ4n) is 1.77. The van der Waals surface area contributed by atoms with Gasteiger partial charge in [-0.05, 0) is 32.0 Å². The Labute approximate surface area is 120 Å².